The number of nitrogens with one attached hydrogen (secondary N) is 1. The van der Waals surface area contributed by atoms with Gasteiger partial charge < -0.3 is 10.2 Å². The Morgan fingerprint density at radius 3 is 2.65 bits per heavy atom. The SMILES string of the molecule is CN1Cc2c(ccc(NC(=O)/C=C/c3ccccc3Cl)c2Cl)C(C)(C)C1. The third-order valence-corrected chi connectivity index (χ3v) is 5.42. The van der Waals surface area contributed by atoms with E-state index in [2.05, 4.69) is 37.2 Å². The summed E-state index contributed by atoms with van der Waals surface area (Å²) in [6, 6.07) is 11.3. The molecule has 2 aromatic rings. The molecule has 5 heteroatoms. The molecule has 0 bridgehead atoms. The minimum Gasteiger partial charge on any atom is -0.321 e. The minimum absolute atomic E-state index is 0.0263. The first kappa shape index (κ1) is 19.0. The molecule has 3 rings (SSSR count). The first-order valence-electron chi connectivity index (χ1n) is 8.52. The maximum absolute atomic E-state index is 12.3. The highest BCUT2D eigenvalue weighted by molar-refractivity contribution is 6.35. The van der Waals surface area contributed by atoms with Crippen molar-refractivity contribution < 1.29 is 4.79 Å². The zero-order valence-corrected chi connectivity index (χ0v) is 16.7. The van der Waals surface area contributed by atoms with Gasteiger partial charge in [-0.3, -0.25) is 4.79 Å². The maximum atomic E-state index is 12.3. The van der Waals surface area contributed by atoms with Crippen LogP contribution in [-0.2, 0) is 16.8 Å². The molecule has 1 heterocycles. The highest BCUT2D eigenvalue weighted by atomic mass is 35.5. The molecular formula is C21H22Cl2N2O. The van der Waals surface area contributed by atoms with Crippen molar-refractivity contribution in [2.24, 2.45) is 0 Å². The van der Waals surface area contributed by atoms with E-state index in [1.807, 2.05) is 24.3 Å². The van der Waals surface area contributed by atoms with Gasteiger partial charge in [0.2, 0.25) is 5.91 Å². The van der Waals surface area contributed by atoms with Gasteiger partial charge in [0.25, 0.3) is 0 Å². The molecule has 3 nitrogen and oxygen atoms in total. The van der Waals surface area contributed by atoms with Crippen LogP contribution in [0.1, 0.15) is 30.5 Å². The van der Waals surface area contributed by atoms with Crippen LogP contribution in [0, 0.1) is 0 Å². The van der Waals surface area contributed by atoms with Crippen LogP contribution in [0.4, 0.5) is 5.69 Å². The molecule has 0 spiro atoms. The summed E-state index contributed by atoms with van der Waals surface area (Å²) in [4.78, 5) is 14.5. The number of hydrogen-bond acceptors (Lipinski definition) is 2. The predicted molar refractivity (Wildman–Crippen MR) is 110 cm³/mol. The fraction of sp³-hybridized carbons (Fsp3) is 0.286. The molecule has 1 aliphatic heterocycles. The first-order chi connectivity index (χ1) is 12.3. The number of amides is 1. The quantitative estimate of drug-likeness (QED) is 0.716. The van der Waals surface area contributed by atoms with Crippen LogP contribution < -0.4 is 5.32 Å². The van der Waals surface area contributed by atoms with E-state index >= 15 is 0 Å². The van der Waals surface area contributed by atoms with Crippen molar-refractivity contribution in [3.63, 3.8) is 0 Å². The number of carbonyl (C=O) groups excluding carboxylic acids is 1. The Balaban J connectivity index is 1.82. The van der Waals surface area contributed by atoms with Gasteiger partial charge in [0.05, 0.1) is 10.7 Å². The van der Waals surface area contributed by atoms with Crippen molar-refractivity contribution in [2.75, 3.05) is 18.9 Å². The van der Waals surface area contributed by atoms with Crippen molar-refractivity contribution in [1.82, 2.24) is 4.90 Å². The zero-order valence-electron chi connectivity index (χ0n) is 15.1. The second-order valence-electron chi connectivity index (χ2n) is 7.35. The second-order valence-corrected chi connectivity index (χ2v) is 8.14. The van der Waals surface area contributed by atoms with E-state index in [1.54, 1.807) is 12.1 Å². The lowest BCUT2D eigenvalue weighted by Gasteiger charge is -2.38. The van der Waals surface area contributed by atoms with Gasteiger partial charge in [-0.25, -0.2) is 0 Å². The number of nitrogens with zero attached hydrogens (tertiary/aromatic N) is 1. The van der Waals surface area contributed by atoms with Crippen LogP contribution in [0.5, 0.6) is 0 Å². The van der Waals surface area contributed by atoms with Crippen LogP contribution in [0.15, 0.2) is 42.5 Å². The number of halogens is 2. The molecule has 136 valence electrons. The Bertz CT molecular complexity index is 874. The van der Waals surface area contributed by atoms with E-state index in [-0.39, 0.29) is 11.3 Å². The van der Waals surface area contributed by atoms with Gasteiger partial charge in [0.1, 0.15) is 0 Å². The molecule has 1 aliphatic rings. The van der Waals surface area contributed by atoms with E-state index in [4.69, 9.17) is 23.2 Å². The van der Waals surface area contributed by atoms with E-state index in [9.17, 15) is 4.79 Å². The standard InChI is InChI=1S/C21H22Cl2N2O/c1-21(2)13-25(3)12-15-16(21)9-10-18(20(15)23)24-19(26)11-8-14-6-4-5-7-17(14)22/h4-11H,12-13H2,1-3H3,(H,24,26)/b11-8+. The summed E-state index contributed by atoms with van der Waals surface area (Å²) in [6.07, 6.45) is 3.16. The predicted octanol–water partition coefficient (Wildman–Crippen LogP) is 5.37. The van der Waals surface area contributed by atoms with E-state index in [0.717, 1.165) is 24.2 Å². The third kappa shape index (κ3) is 3.96. The van der Waals surface area contributed by atoms with E-state index in [1.165, 1.54) is 11.6 Å². The van der Waals surface area contributed by atoms with Crippen LogP contribution in [0.2, 0.25) is 10.0 Å². The minimum atomic E-state index is -0.241. The Morgan fingerprint density at radius 1 is 1.19 bits per heavy atom. The lowest BCUT2D eigenvalue weighted by Crippen LogP contribution is -2.40. The van der Waals surface area contributed by atoms with Crippen molar-refractivity contribution in [2.45, 2.75) is 25.8 Å². The molecule has 0 saturated heterocycles. The van der Waals surface area contributed by atoms with Crippen molar-refractivity contribution in [3.8, 4) is 0 Å². The number of carbonyl (C=O) groups is 1. The summed E-state index contributed by atoms with van der Waals surface area (Å²) in [6.45, 7) is 6.17. The summed E-state index contributed by atoms with van der Waals surface area (Å²) in [5.41, 5.74) is 3.77. The van der Waals surface area contributed by atoms with Gasteiger partial charge in [-0.1, -0.05) is 61.3 Å². The maximum Gasteiger partial charge on any atom is 0.248 e. The Morgan fingerprint density at radius 2 is 1.92 bits per heavy atom. The molecular weight excluding hydrogens is 367 g/mol. The van der Waals surface area contributed by atoms with Crippen LogP contribution in [-0.4, -0.2) is 24.4 Å². The van der Waals surface area contributed by atoms with Gasteiger partial charge in [0, 0.05) is 29.6 Å². The van der Waals surface area contributed by atoms with Gasteiger partial charge in [-0.2, -0.15) is 0 Å². The summed E-state index contributed by atoms with van der Waals surface area (Å²) in [5.74, 6) is -0.241. The lowest BCUT2D eigenvalue weighted by atomic mass is 9.78. The summed E-state index contributed by atoms with van der Waals surface area (Å²) < 4.78 is 0. The molecule has 0 radical (unpaired) electrons. The Labute approximate surface area is 164 Å². The smallest absolute Gasteiger partial charge is 0.248 e. The van der Waals surface area contributed by atoms with E-state index in [0.29, 0.717) is 15.7 Å². The number of likely N-dealkylation sites (N-methyl/N-ethyl adjacent to an activating group) is 1. The molecule has 0 aliphatic carbocycles. The van der Waals surface area contributed by atoms with Crippen molar-refractivity contribution >= 4 is 40.9 Å². The molecule has 0 atom stereocenters. The molecule has 0 aromatic heterocycles. The zero-order chi connectivity index (χ0) is 18.9. The van der Waals surface area contributed by atoms with Gasteiger partial charge in [0.15, 0.2) is 0 Å². The summed E-state index contributed by atoms with van der Waals surface area (Å²) in [7, 11) is 2.08. The molecule has 26 heavy (non-hydrogen) atoms. The molecule has 0 saturated carbocycles. The normalized spacial score (nSPS) is 16.5. The molecule has 2 aromatic carbocycles. The van der Waals surface area contributed by atoms with Crippen LogP contribution >= 0.6 is 23.2 Å². The van der Waals surface area contributed by atoms with Crippen LogP contribution in [0.3, 0.4) is 0 Å². The third-order valence-electron chi connectivity index (χ3n) is 4.64. The number of hydrogen-bond donors (Lipinski definition) is 1. The summed E-state index contributed by atoms with van der Waals surface area (Å²) >= 11 is 12.7. The molecule has 0 fully saturated rings. The van der Waals surface area contributed by atoms with Crippen molar-refractivity contribution in [1.29, 1.82) is 0 Å². The molecule has 0 unspecified atom stereocenters. The fourth-order valence-electron chi connectivity index (χ4n) is 3.54. The highest BCUT2D eigenvalue weighted by Crippen LogP contribution is 2.39. The molecule has 1 amide bonds. The number of fused-ring (bicyclic) bond motifs is 1. The topological polar surface area (TPSA) is 32.3 Å². The van der Waals surface area contributed by atoms with Gasteiger partial charge in [-0.05, 0) is 41.9 Å². The average Bonchev–Trinajstić information content (AvgIpc) is 2.56. The van der Waals surface area contributed by atoms with Gasteiger partial charge in [-0.15, -0.1) is 0 Å². The fourth-order valence-corrected chi connectivity index (χ4v) is 4.01. The second kappa shape index (κ2) is 7.43. The van der Waals surface area contributed by atoms with E-state index < -0.39 is 0 Å². The largest absolute Gasteiger partial charge is 0.321 e. The highest BCUT2D eigenvalue weighted by Gasteiger charge is 2.32. The Kier molecular flexibility index (Phi) is 5.42. The average molecular weight is 389 g/mol. The molecule has 1 N–H and O–H groups in total. The van der Waals surface area contributed by atoms with Crippen LogP contribution in [0.25, 0.3) is 6.08 Å². The Hall–Kier alpha value is -1.81. The van der Waals surface area contributed by atoms with Gasteiger partial charge >= 0.3 is 0 Å². The van der Waals surface area contributed by atoms with Crippen molar-refractivity contribution in [3.05, 3.63) is 69.2 Å². The lowest BCUT2D eigenvalue weighted by molar-refractivity contribution is -0.111. The monoisotopic (exact) mass is 388 g/mol. The number of anilines is 1. The number of rotatable bonds is 3. The first-order valence-corrected chi connectivity index (χ1v) is 9.27. The summed E-state index contributed by atoms with van der Waals surface area (Å²) in [5, 5.41) is 4.09. The number of benzene rings is 2.